The maximum absolute atomic E-state index is 11.9. The fourth-order valence-corrected chi connectivity index (χ4v) is 3.12. The summed E-state index contributed by atoms with van der Waals surface area (Å²) < 4.78 is 5.03. The molecule has 0 radical (unpaired) electrons. The van der Waals surface area contributed by atoms with Crippen LogP contribution in [0.1, 0.15) is 22.5 Å². The molecule has 6 heteroatoms. The normalized spacial score (nSPS) is 23.6. The number of carbonyl (C=O) groups excluding carboxylic acids is 1. The van der Waals surface area contributed by atoms with E-state index in [4.69, 9.17) is 4.42 Å². The van der Waals surface area contributed by atoms with E-state index in [1.54, 1.807) is 13.0 Å². The van der Waals surface area contributed by atoms with Crippen molar-refractivity contribution in [3.63, 3.8) is 0 Å². The molecule has 1 aliphatic heterocycles. The molecule has 0 spiro atoms. The van der Waals surface area contributed by atoms with Gasteiger partial charge in [0.2, 0.25) is 0 Å². The Morgan fingerprint density at radius 1 is 1.59 bits per heavy atom. The third-order valence-electron chi connectivity index (χ3n) is 2.89. The molecular weight excluding hydrogens is 242 g/mol. The van der Waals surface area contributed by atoms with Crippen molar-refractivity contribution in [3.05, 3.63) is 23.7 Å². The summed E-state index contributed by atoms with van der Waals surface area (Å²) >= 11 is 1.53. The van der Waals surface area contributed by atoms with Crippen LogP contribution >= 0.6 is 11.8 Å². The van der Waals surface area contributed by atoms with E-state index >= 15 is 0 Å². The van der Waals surface area contributed by atoms with Gasteiger partial charge >= 0.3 is 5.97 Å². The van der Waals surface area contributed by atoms with E-state index in [0.29, 0.717) is 23.5 Å². The molecule has 92 valence electrons. The van der Waals surface area contributed by atoms with E-state index < -0.39 is 11.5 Å². The molecule has 0 aliphatic carbocycles. The van der Waals surface area contributed by atoms with Gasteiger partial charge in [-0.15, -0.1) is 0 Å². The van der Waals surface area contributed by atoms with Gasteiger partial charge < -0.3 is 14.8 Å². The Bertz CT molecular complexity index is 448. The quantitative estimate of drug-likeness (QED) is 0.850. The Morgan fingerprint density at radius 3 is 2.82 bits per heavy atom. The fourth-order valence-electron chi connectivity index (χ4n) is 1.79. The summed E-state index contributed by atoms with van der Waals surface area (Å²) in [6.45, 7) is 1.67. The lowest BCUT2D eigenvalue weighted by Crippen LogP contribution is -2.54. The summed E-state index contributed by atoms with van der Waals surface area (Å²) in [5, 5.41) is 11.8. The van der Waals surface area contributed by atoms with Gasteiger partial charge in [0.05, 0.1) is 11.8 Å². The predicted molar refractivity (Wildman–Crippen MR) is 63.2 cm³/mol. The number of furan rings is 1. The molecule has 1 saturated heterocycles. The highest BCUT2D eigenvalue weighted by Gasteiger charge is 2.43. The largest absolute Gasteiger partial charge is 0.479 e. The average Bonchev–Trinajstić information content (AvgIpc) is 2.87. The SMILES string of the molecule is Cc1occc1C(=O)N[C@@]1(C(=O)O)CCSC1. The lowest BCUT2D eigenvalue weighted by molar-refractivity contribution is -0.143. The summed E-state index contributed by atoms with van der Waals surface area (Å²) in [7, 11) is 0. The van der Waals surface area contributed by atoms with Crippen molar-refractivity contribution in [1.29, 1.82) is 0 Å². The fraction of sp³-hybridized carbons (Fsp3) is 0.455. The Hall–Kier alpha value is -1.43. The van der Waals surface area contributed by atoms with E-state index in [0.717, 1.165) is 5.75 Å². The Labute approximate surface area is 103 Å². The molecule has 1 aliphatic rings. The number of rotatable bonds is 3. The smallest absolute Gasteiger partial charge is 0.330 e. The molecule has 0 aromatic carbocycles. The number of carboxylic acids is 1. The van der Waals surface area contributed by atoms with Gasteiger partial charge in [-0.2, -0.15) is 11.8 Å². The van der Waals surface area contributed by atoms with Crippen LogP contribution in [0.4, 0.5) is 0 Å². The minimum Gasteiger partial charge on any atom is -0.479 e. The van der Waals surface area contributed by atoms with Crippen LogP contribution in [0.3, 0.4) is 0 Å². The Kier molecular flexibility index (Phi) is 3.15. The molecule has 2 N–H and O–H groups in total. The van der Waals surface area contributed by atoms with Crippen LogP contribution in [-0.2, 0) is 4.79 Å². The second kappa shape index (κ2) is 4.44. The van der Waals surface area contributed by atoms with Crippen LogP contribution in [0.15, 0.2) is 16.7 Å². The highest BCUT2D eigenvalue weighted by molar-refractivity contribution is 7.99. The van der Waals surface area contributed by atoms with Crippen molar-refractivity contribution >= 4 is 23.6 Å². The monoisotopic (exact) mass is 255 g/mol. The molecule has 0 unspecified atom stereocenters. The second-order valence-corrected chi connectivity index (χ2v) is 5.14. The molecule has 2 rings (SSSR count). The first-order valence-electron chi connectivity index (χ1n) is 5.23. The molecule has 0 bridgehead atoms. The molecule has 1 fully saturated rings. The Balaban J connectivity index is 2.17. The number of carbonyl (C=O) groups is 2. The molecule has 5 nitrogen and oxygen atoms in total. The molecule has 1 aromatic rings. The number of nitrogens with one attached hydrogen (secondary N) is 1. The van der Waals surface area contributed by atoms with Crippen molar-refractivity contribution in [2.45, 2.75) is 18.9 Å². The summed E-state index contributed by atoms with van der Waals surface area (Å²) in [5.41, 5.74) is -0.742. The van der Waals surface area contributed by atoms with E-state index in [1.807, 2.05) is 0 Å². The highest BCUT2D eigenvalue weighted by atomic mass is 32.2. The number of thioether (sulfide) groups is 1. The van der Waals surface area contributed by atoms with Gasteiger partial charge in [0.15, 0.2) is 0 Å². The zero-order chi connectivity index (χ0) is 12.5. The molecule has 1 aromatic heterocycles. The summed E-state index contributed by atoms with van der Waals surface area (Å²) in [5.74, 6) is 0.286. The molecule has 2 heterocycles. The maximum Gasteiger partial charge on any atom is 0.330 e. The minimum atomic E-state index is -1.13. The van der Waals surface area contributed by atoms with E-state index in [1.165, 1.54) is 18.0 Å². The lowest BCUT2D eigenvalue weighted by Gasteiger charge is -2.24. The van der Waals surface area contributed by atoms with Crippen LogP contribution < -0.4 is 5.32 Å². The zero-order valence-electron chi connectivity index (χ0n) is 9.36. The van der Waals surface area contributed by atoms with Gasteiger partial charge in [0, 0.05) is 5.75 Å². The van der Waals surface area contributed by atoms with Crippen LogP contribution in [0.5, 0.6) is 0 Å². The van der Waals surface area contributed by atoms with Gasteiger partial charge in [0.25, 0.3) is 5.91 Å². The molecule has 17 heavy (non-hydrogen) atoms. The van der Waals surface area contributed by atoms with E-state index in [-0.39, 0.29) is 5.91 Å². The standard InChI is InChI=1S/C11H13NO4S/c1-7-8(2-4-16-7)9(13)12-11(10(14)15)3-5-17-6-11/h2,4H,3,5-6H2,1H3,(H,12,13)(H,14,15)/t11-/m0/s1. The van der Waals surface area contributed by atoms with Gasteiger partial charge in [-0.3, -0.25) is 4.79 Å². The van der Waals surface area contributed by atoms with Gasteiger partial charge in [-0.05, 0) is 25.2 Å². The first-order valence-corrected chi connectivity index (χ1v) is 6.38. The lowest BCUT2D eigenvalue weighted by atomic mass is 9.98. The summed E-state index contributed by atoms with van der Waals surface area (Å²) in [6, 6.07) is 1.54. The van der Waals surface area contributed by atoms with Gasteiger partial charge in [-0.1, -0.05) is 0 Å². The highest BCUT2D eigenvalue weighted by Crippen LogP contribution is 2.28. The van der Waals surface area contributed by atoms with Crippen molar-refractivity contribution in [3.8, 4) is 0 Å². The van der Waals surface area contributed by atoms with Crippen molar-refractivity contribution in [1.82, 2.24) is 5.32 Å². The van der Waals surface area contributed by atoms with Crippen molar-refractivity contribution < 1.29 is 19.1 Å². The van der Waals surface area contributed by atoms with E-state index in [9.17, 15) is 14.7 Å². The first kappa shape index (κ1) is 12.0. The third kappa shape index (κ3) is 2.17. The third-order valence-corrected chi connectivity index (χ3v) is 4.08. The zero-order valence-corrected chi connectivity index (χ0v) is 10.2. The van der Waals surface area contributed by atoms with Crippen LogP contribution in [0.2, 0.25) is 0 Å². The van der Waals surface area contributed by atoms with Crippen LogP contribution in [0, 0.1) is 6.92 Å². The number of carboxylic acid groups (broad SMARTS) is 1. The molecule has 0 saturated carbocycles. The molecular formula is C11H13NO4S. The summed E-state index contributed by atoms with van der Waals surface area (Å²) in [6.07, 6.45) is 1.87. The maximum atomic E-state index is 11.9. The Morgan fingerprint density at radius 2 is 2.35 bits per heavy atom. The van der Waals surface area contributed by atoms with Crippen LogP contribution in [-0.4, -0.2) is 34.0 Å². The number of hydrogen-bond acceptors (Lipinski definition) is 4. The van der Waals surface area contributed by atoms with E-state index in [2.05, 4.69) is 5.32 Å². The second-order valence-electron chi connectivity index (χ2n) is 4.03. The number of hydrogen-bond donors (Lipinski definition) is 2. The number of aliphatic carboxylic acids is 1. The van der Waals surface area contributed by atoms with Gasteiger partial charge in [0.1, 0.15) is 11.3 Å². The average molecular weight is 255 g/mol. The minimum absolute atomic E-state index is 0.388. The van der Waals surface area contributed by atoms with Crippen LogP contribution in [0.25, 0.3) is 0 Å². The predicted octanol–water partition coefficient (Wildman–Crippen LogP) is 1.28. The van der Waals surface area contributed by atoms with Crippen molar-refractivity contribution in [2.24, 2.45) is 0 Å². The first-order chi connectivity index (χ1) is 8.05. The van der Waals surface area contributed by atoms with Gasteiger partial charge in [-0.25, -0.2) is 4.79 Å². The molecule has 1 atom stereocenters. The topological polar surface area (TPSA) is 79.5 Å². The van der Waals surface area contributed by atoms with Crippen molar-refractivity contribution in [2.75, 3.05) is 11.5 Å². The number of aryl methyl sites for hydroxylation is 1. The summed E-state index contributed by atoms with van der Waals surface area (Å²) in [4.78, 5) is 23.2. The number of amides is 1. The molecule has 1 amide bonds.